The highest BCUT2D eigenvalue weighted by Gasteiger charge is 2.40. The van der Waals surface area contributed by atoms with E-state index in [1.165, 1.54) is 10.6 Å². The van der Waals surface area contributed by atoms with Gasteiger partial charge >= 0.3 is 0 Å². The van der Waals surface area contributed by atoms with Gasteiger partial charge < -0.3 is 20.0 Å². The molecule has 1 fully saturated rings. The first kappa shape index (κ1) is 23.1. The number of amides is 1. The van der Waals surface area contributed by atoms with Gasteiger partial charge in [0.15, 0.2) is 0 Å². The van der Waals surface area contributed by atoms with E-state index in [-0.39, 0.29) is 5.91 Å². The smallest absolute Gasteiger partial charge is 0.268 e. The van der Waals surface area contributed by atoms with Gasteiger partial charge in [-0.15, -0.1) is 0 Å². The van der Waals surface area contributed by atoms with Crippen molar-refractivity contribution in [3.63, 3.8) is 0 Å². The van der Waals surface area contributed by atoms with Crippen LogP contribution in [0.25, 0.3) is 0 Å². The summed E-state index contributed by atoms with van der Waals surface area (Å²) in [5.41, 5.74) is 3.82. The van der Waals surface area contributed by atoms with E-state index in [1.54, 1.807) is 24.4 Å². The number of carbonyl (C=O) groups excluding carboxylic acids is 1. The molecule has 2 aromatic carbocycles. The van der Waals surface area contributed by atoms with Crippen LogP contribution < -0.4 is 20.0 Å². The van der Waals surface area contributed by atoms with E-state index < -0.39 is 0 Å². The van der Waals surface area contributed by atoms with Gasteiger partial charge in [0.25, 0.3) is 5.91 Å². The number of benzene rings is 2. The third-order valence-corrected chi connectivity index (χ3v) is 7.40. The number of fused-ring (bicyclic) bond motifs is 3. The molecule has 3 aliphatic rings. The lowest BCUT2D eigenvalue weighted by atomic mass is 10.1. The topological polar surface area (TPSA) is 67.3 Å². The van der Waals surface area contributed by atoms with Gasteiger partial charge in [0.1, 0.15) is 5.82 Å². The Morgan fingerprint density at radius 3 is 2.39 bits per heavy atom. The van der Waals surface area contributed by atoms with Crippen molar-refractivity contribution in [2.24, 2.45) is 4.99 Å². The van der Waals surface area contributed by atoms with Gasteiger partial charge in [-0.2, -0.15) is 0 Å². The van der Waals surface area contributed by atoms with Crippen LogP contribution >= 0.6 is 23.2 Å². The van der Waals surface area contributed by atoms with Gasteiger partial charge in [-0.1, -0.05) is 29.3 Å². The maximum absolute atomic E-state index is 13.6. The number of hydrogen-bond donors (Lipinski definition) is 1. The summed E-state index contributed by atoms with van der Waals surface area (Å²) >= 11 is 12.9. The fraction of sp³-hybridized carbons (Fsp3) is 0.269. The van der Waals surface area contributed by atoms with E-state index in [0.29, 0.717) is 46.2 Å². The number of nitrogens with one attached hydrogen (secondary N) is 1. The Kier molecular flexibility index (Phi) is 5.95. The number of rotatable bonds is 4. The molecule has 1 saturated heterocycles. The van der Waals surface area contributed by atoms with Gasteiger partial charge in [0.2, 0.25) is 5.96 Å². The second kappa shape index (κ2) is 9.28. The van der Waals surface area contributed by atoms with Crippen molar-refractivity contribution in [2.75, 3.05) is 66.3 Å². The second-order valence-electron chi connectivity index (χ2n) is 9.09. The van der Waals surface area contributed by atoms with Gasteiger partial charge in [-0.3, -0.25) is 9.79 Å². The van der Waals surface area contributed by atoms with E-state index in [4.69, 9.17) is 23.2 Å². The van der Waals surface area contributed by atoms with Crippen molar-refractivity contribution in [3.05, 3.63) is 70.3 Å². The maximum Gasteiger partial charge on any atom is 0.268 e. The first-order valence-electron chi connectivity index (χ1n) is 11.9. The van der Waals surface area contributed by atoms with Gasteiger partial charge in [-0.05, 0) is 43.4 Å². The molecule has 8 nitrogen and oxygen atoms in total. The lowest BCUT2D eigenvalue weighted by Crippen LogP contribution is -2.50. The normalized spacial score (nSPS) is 17.7. The zero-order valence-corrected chi connectivity index (χ0v) is 21.3. The lowest BCUT2D eigenvalue weighted by molar-refractivity contribution is 0.1000. The molecule has 6 rings (SSSR count). The Morgan fingerprint density at radius 2 is 1.67 bits per heavy atom. The molecular weight excluding hydrogens is 497 g/mol. The van der Waals surface area contributed by atoms with Crippen molar-refractivity contribution >= 4 is 63.6 Å². The largest absolute Gasteiger partial charge is 0.369 e. The fourth-order valence-corrected chi connectivity index (χ4v) is 5.41. The monoisotopic (exact) mass is 521 g/mol. The number of guanidine groups is 1. The quantitative estimate of drug-likeness (QED) is 0.535. The summed E-state index contributed by atoms with van der Waals surface area (Å²) in [6.07, 6.45) is 1.60. The van der Waals surface area contributed by atoms with Crippen molar-refractivity contribution in [2.45, 2.75) is 0 Å². The molecule has 0 aliphatic carbocycles. The predicted molar refractivity (Wildman–Crippen MR) is 147 cm³/mol. The summed E-state index contributed by atoms with van der Waals surface area (Å²) in [6, 6.07) is 15.5. The average molecular weight is 522 g/mol. The number of piperazine rings is 1. The Hall–Kier alpha value is -3.33. The molecule has 1 N–H and O–H groups in total. The first-order valence-corrected chi connectivity index (χ1v) is 12.7. The number of nitrogens with zero attached hydrogens (tertiary/aromatic N) is 6. The van der Waals surface area contributed by atoms with Crippen molar-refractivity contribution in [1.82, 2.24) is 9.88 Å². The molecule has 0 atom stereocenters. The molecule has 184 valence electrons. The first-order chi connectivity index (χ1) is 17.5. The number of aromatic nitrogens is 1. The predicted octanol–water partition coefficient (Wildman–Crippen LogP) is 4.72. The molecule has 4 heterocycles. The van der Waals surface area contributed by atoms with Crippen LogP contribution in [0.3, 0.4) is 0 Å². The lowest BCUT2D eigenvalue weighted by Gasteiger charge is -2.36. The minimum atomic E-state index is -0.257. The minimum absolute atomic E-state index is 0.257. The number of hydrogen-bond acceptors (Lipinski definition) is 7. The zero-order chi connectivity index (χ0) is 24.8. The highest BCUT2D eigenvalue weighted by atomic mass is 35.5. The van der Waals surface area contributed by atoms with Crippen molar-refractivity contribution in [3.8, 4) is 0 Å². The van der Waals surface area contributed by atoms with Crippen molar-refractivity contribution < 1.29 is 4.79 Å². The summed E-state index contributed by atoms with van der Waals surface area (Å²) in [5.74, 6) is 0.924. The number of carbonyl (C=O) groups is 1. The Bertz CT molecular complexity index is 1330. The number of para-hydroxylation sites is 1. The highest BCUT2D eigenvalue weighted by molar-refractivity contribution is 6.43. The van der Waals surface area contributed by atoms with E-state index in [1.807, 2.05) is 11.0 Å². The SMILES string of the molecule is CN1CCN(c2ccc(Nc3cc4c(cn3)C(=O)N(c3c(Cl)cccc3Cl)C3=NCCN34)cc2)CC1. The molecular formula is C26H25Cl2N7O. The van der Waals surface area contributed by atoms with Crippen LogP contribution in [0.5, 0.6) is 0 Å². The standard InChI is InChI=1S/C26H25Cl2N7O/c1-32-11-13-33(14-12-32)18-7-5-17(6-8-18)31-23-15-22-19(16-30-23)25(36)35(26-29-9-10-34(22)26)24-20(27)3-2-4-21(24)28/h2-8,15-16H,9-14H2,1H3,(H,30,31). The molecule has 0 spiro atoms. The molecule has 36 heavy (non-hydrogen) atoms. The number of pyridine rings is 1. The number of likely N-dealkylation sites (N-methyl/N-ethyl adjacent to an activating group) is 1. The molecule has 10 heteroatoms. The van der Waals surface area contributed by atoms with E-state index in [9.17, 15) is 4.79 Å². The van der Waals surface area contributed by atoms with E-state index in [2.05, 4.69) is 56.4 Å². The van der Waals surface area contributed by atoms with Crippen LogP contribution in [0.15, 0.2) is 59.7 Å². The van der Waals surface area contributed by atoms with Crippen LogP contribution in [0.1, 0.15) is 10.4 Å². The third-order valence-electron chi connectivity index (χ3n) is 6.79. The van der Waals surface area contributed by atoms with Gasteiger partial charge in [0, 0.05) is 56.4 Å². The summed E-state index contributed by atoms with van der Waals surface area (Å²) in [5, 5.41) is 4.15. The summed E-state index contributed by atoms with van der Waals surface area (Å²) in [4.78, 5) is 31.0. The van der Waals surface area contributed by atoms with Crippen molar-refractivity contribution in [1.29, 1.82) is 0 Å². The number of halogens is 2. The van der Waals surface area contributed by atoms with Crippen LogP contribution in [-0.2, 0) is 0 Å². The molecule has 1 aromatic heterocycles. The molecule has 1 amide bonds. The van der Waals surface area contributed by atoms with E-state index in [0.717, 1.165) is 37.6 Å². The maximum atomic E-state index is 13.6. The van der Waals surface area contributed by atoms with E-state index >= 15 is 0 Å². The van der Waals surface area contributed by atoms with Crippen LogP contribution in [0.2, 0.25) is 10.0 Å². The molecule has 0 saturated carbocycles. The number of anilines is 5. The van der Waals surface area contributed by atoms with Gasteiger partial charge in [0.05, 0.1) is 33.5 Å². The number of aliphatic imine (C=N–C) groups is 1. The van der Waals surface area contributed by atoms with Gasteiger partial charge in [-0.25, -0.2) is 9.88 Å². The Balaban J connectivity index is 1.27. The average Bonchev–Trinajstić information content (AvgIpc) is 3.37. The summed E-state index contributed by atoms with van der Waals surface area (Å²) in [7, 11) is 2.16. The Labute approximate surface area is 219 Å². The second-order valence-corrected chi connectivity index (χ2v) is 9.91. The molecule has 0 radical (unpaired) electrons. The molecule has 3 aromatic rings. The minimum Gasteiger partial charge on any atom is -0.369 e. The fourth-order valence-electron chi connectivity index (χ4n) is 4.84. The van der Waals surface area contributed by atoms with Crippen LogP contribution in [0, 0.1) is 0 Å². The summed E-state index contributed by atoms with van der Waals surface area (Å²) in [6.45, 7) is 5.41. The zero-order valence-electron chi connectivity index (χ0n) is 19.8. The van der Waals surface area contributed by atoms with Crippen LogP contribution in [0.4, 0.5) is 28.6 Å². The Morgan fingerprint density at radius 1 is 0.944 bits per heavy atom. The highest BCUT2D eigenvalue weighted by Crippen LogP contribution is 2.40. The third kappa shape index (κ3) is 4.05. The summed E-state index contributed by atoms with van der Waals surface area (Å²) < 4.78 is 0. The molecule has 3 aliphatic heterocycles. The molecule has 0 unspecified atom stereocenters. The van der Waals surface area contributed by atoms with Crippen LogP contribution in [-0.4, -0.2) is 68.1 Å². The molecule has 0 bridgehead atoms.